The third-order valence-corrected chi connectivity index (χ3v) is 2.73. The Bertz CT molecular complexity index is 501. The lowest BCUT2D eigenvalue weighted by Crippen LogP contribution is -2.41. The minimum atomic E-state index is -0.713. The first-order valence-electron chi connectivity index (χ1n) is 4.94. The number of nitrogens with zero attached hydrogens (tertiary/aromatic N) is 2. The van der Waals surface area contributed by atoms with Gasteiger partial charge in [-0.25, -0.2) is 9.18 Å². The molecule has 0 aromatic heterocycles. The Morgan fingerprint density at radius 3 is 2.94 bits per heavy atom. The maximum absolute atomic E-state index is 13.0. The highest BCUT2D eigenvalue weighted by molar-refractivity contribution is 6.31. The van der Waals surface area contributed by atoms with Crippen LogP contribution in [0.3, 0.4) is 0 Å². The second-order valence-corrected chi connectivity index (χ2v) is 3.95. The molecule has 1 amide bonds. The Balaban J connectivity index is 2.21. The lowest BCUT2D eigenvalue weighted by atomic mass is 10.2. The molecular weight excluding hydrogens is 247 g/mol. The number of amides is 1. The molecule has 0 N–H and O–H groups in total. The number of carbonyl (C=O) groups excluding carboxylic acids is 1. The van der Waals surface area contributed by atoms with E-state index in [2.05, 4.69) is 0 Å². The first-order valence-corrected chi connectivity index (χ1v) is 5.32. The van der Waals surface area contributed by atoms with Gasteiger partial charge in [-0.3, -0.25) is 4.90 Å². The predicted octanol–water partition coefficient (Wildman–Crippen LogP) is 2.72. The van der Waals surface area contributed by atoms with Crippen LogP contribution < -0.4 is 4.90 Å². The zero-order valence-corrected chi connectivity index (χ0v) is 9.45. The van der Waals surface area contributed by atoms with E-state index < -0.39 is 18.0 Å². The van der Waals surface area contributed by atoms with E-state index in [9.17, 15) is 9.18 Å². The van der Waals surface area contributed by atoms with Crippen LogP contribution in [-0.2, 0) is 4.74 Å². The zero-order valence-electron chi connectivity index (χ0n) is 8.69. The number of carbonyl (C=O) groups is 1. The van der Waals surface area contributed by atoms with Crippen LogP contribution in [0.2, 0.25) is 5.02 Å². The van der Waals surface area contributed by atoms with Crippen molar-refractivity contribution in [2.75, 3.05) is 11.4 Å². The Morgan fingerprint density at radius 1 is 1.59 bits per heavy atom. The van der Waals surface area contributed by atoms with Crippen molar-refractivity contribution in [1.29, 1.82) is 5.26 Å². The maximum Gasteiger partial charge on any atom is 0.415 e. The molecule has 0 aliphatic carbocycles. The summed E-state index contributed by atoms with van der Waals surface area (Å²) >= 11 is 5.63. The van der Waals surface area contributed by atoms with Crippen LogP contribution in [-0.4, -0.2) is 18.7 Å². The molecule has 1 unspecified atom stereocenters. The van der Waals surface area contributed by atoms with Gasteiger partial charge in [-0.2, -0.15) is 5.26 Å². The minimum absolute atomic E-state index is 0.0577. The van der Waals surface area contributed by atoms with E-state index in [4.69, 9.17) is 21.6 Å². The summed E-state index contributed by atoms with van der Waals surface area (Å²) in [6.45, 7) is 0.346. The third-order valence-electron chi connectivity index (χ3n) is 2.44. The van der Waals surface area contributed by atoms with Crippen molar-refractivity contribution in [1.82, 2.24) is 0 Å². The predicted molar refractivity (Wildman–Crippen MR) is 59.3 cm³/mol. The summed E-state index contributed by atoms with van der Waals surface area (Å²) in [4.78, 5) is 12.9. The Kier molecular flexibility index (Phi) is 3.16. The fourth-order valence-corrected chi connectivity index (χ4v) is 1.74. The first-order chi connectivity index (χ1) is 8.11. The standard InChI is InChI=1S/C11H8ClFN2O2/c12-9-5-7(1-2-10(9)13)15-4-3-8(6-14)17-11(15)16/h1-2,5,8H,3-4H2. The second-order valence-electron chi connectivity index (χ2n) is 3.54. The molecule has 6 heteroatoms. The zero-order chi connectivity index (χ0) is 12.4. The van der Waals surface area contributed by atoms with Crippen LogP contribution >= 0.6 is 11.6 Å². The molecule has 0 spiro atoms. The highest BCUT2D eigenvalue weighted by Gasteiger charge is 2.28. The van der Waals surface area contributed by atoms with E-state index in [0.717, 1.165) is 0 Å². The molecule has 1 aromatic rings. The van der Waals surface area contributed by atoms with E-state index in [-0.39, 0.29) is 5.02 Å². The molecule has 1 atom stereocenters. The smallest absolute Gasteiger partial charge is 0.415 e. The minimum Gasteiger partial charge on any atom is -0.430 e. The van der Waals surface area contributed by atoms with Crippen molar-refractivity contribution in [2.24, 2.45) is 0 Å². The van der Waals surface area contributed by atoms with Gasteiger partial charge in [-0.15, -0.1) is 0 Å². The summed E-state index contributed by atoms with van der Waals surface area (Å²) in [6, 6.07) is 5.84. The normalized spacial score (nSPS) is 19.7. The van der Waals surface area contributed by atoms with Crippen molar-refractivity contribution in [3.05, 3.63) is 29.0 Å². The molecule has 1 fully saturated rings. The van der Waals surface area contributed by atoms with Crippen LogP contribution in [0, 0.1) is 17.1 Å². The molecule has 1 heterocycles. The van der Waals surface area contributed by atoms with Gasteiger partial charge in [0.1, 0.15) is 11.9 Å². The van der Waals surface area contributed by atoms with Gasteiger partial charge in [0, 0.05) is 18.7 Å². The molecule has 0 radical (unpaired) electrons. The molecular formula is C11H8ClFN2O2. The summed E-state index contributed by atoms with van der Waals surface area (Å²) < 4.78 is 17.8. The van der Waals surface area contributed by atoms with E-state index in [1.165, 1.54) is 23.1 Å². The van der Waals surface area contributed by atoms with Crippen LogP contribution in [0.4, 0.5) is 14.9 Å². The van der Waals surface area contributed by atoms with Gasteiger partial charge < -0.3 is 4.74 Å². The molecule has 4 nitrogen and oxygen atoms in total. The van der Waals surface area contributed by atoms with Gasteiger partial charge in [0.2, 0.25) is 0 Å². The Morgan fingerprint density at radius 2 is 2.35 bits per heavy atom. The fraction of sp³-hybridized carbons (Fsp3) is 0.273. The summed E-state index contributed by atoms with van der Waals surface area (Å²) in [5.74, 6) is -0.546. The summed E-state index contributed by atoms with van der Waals surface area (Å²) in [5.41, 5.74) is 0.456. The number of ether oxygens (including phenoxy) is 1. The van der Waals surface area contributed by atoms with E-state index in [0.29, 0.717) is 18.7 Å². The SMILES string of the molecule is N#CC1CCN(c2ccc(F)c(Cl)c2)C(=O)O1. The van der Waals surface area contributed by atoms with Gasteiger partial charge in [0.15, 0.2) is 6.10 Å². The molecule has 1 saturated heterocycles. The second kappa shape index (κ2) is 4.60. The van der Waals surface area contributed by atoms with Crippen LogP contribution in [0.15, 0.2) is 18.2 Å². The number of rotatable bonds is 1. The largest absolute Gasteiger partial charge is 0.430 e. The number of hydrogen-bond donors (Lipinski definition) is 0. The number of halogens is 2. The Labute approximate surface area is 102 Å². The van der Waals surface area contributed by atoms with Crippen molar-refractivity contribution < 1.29 is 13.9 Å². The van der Waals surface area contributed by atoms with Crippen molar-refractivity contribution in [3.8, 4) is 6.07 Å². The molecule has 1 aliphatic heterocycles. The lowest BCUT2D eigenvalue weighted by molar-refractivity contribution is 0.111. The summed E-state index contributed by atoms with van der Waals surface area (Å²) in [7, 11) is 0. The van der Waals surface area contributed by atoms with Crippen LogP contribution in [0.1, 0.15) is 6.42 Å². The lowest BCUT2D eigenvalue weighted by Gasteiger charge is -2.28. The molecule has 0 bridgehead atoms. The topological polar surface area (TPSA) is 53.3 Å². The van der Waals surface area contributed by atoms with E-state index >= 15 is 0 Å². The van der Waals surface area contributed by atoms with Crippen molar-refractivity contribution in [3.63, 3.8) is 0 Å². The molecule has 1 aliphatic rings. The van der Waals surface area contributed by atoms with E-state index in [1.807, 2.05) is 6.07 Å². The molecule has 1 aromatic carbocycles. The highest BCUT2D eigenvalue weighted by atomic mass is 35.5. The number of anilines is 1. The molecule has 17 heavy (non-hydrogen) atoms. The van der Waals surface area contributed by atoms with Gasteiger partial charge >= 0.3 is 6.09 Å². The van der Waals surface area contributed by atoms with Gasteiger partial charge in [-0.05, 0) is 18.2 Å². The number of hydrogen-bond acceptors (Lipinski definition) is 3. The number of nitriles is 1. The quantitative estimate of drug-likeness (QED) is 0.774. The summed E-state index contributed by atoms with van der Waals surface area (Å²) in [5, 5.41) is 8.57. The highest BCUT2D eigenvalue weighted by Crippen LogP contribution is 2.25. The van der Waals surface area contributed by atoms with Crippen molar-refractivity contribution >= 4 is 23.4 Å². The van der Waals surface area contributed by atoms with Crippen LogP contribution in [0.5, 0.6) is 0 Å². The van der Waals surface area contributed by atoms with E-state index in [1.54, 1.807) is 0 Å². The first kappa shape index (κ1) is 11.7. The number of cyclic esters (lactones) is 1. The molecule has 0 saturated carbocycles. The third kappa shape index (κ3) is 2.32. The molecule has 88 valence electrons. The van der Waals surface area contributed by atoms with Gasteiger partial charge in [0.05, 0.1) is 5.02 Å². The Hall–Kier alpha value is -1.80. The van der Waals surface area contributed by atoms with Gasteiger partial charge in [0.25, 0.3) is 0 Å². The number of benzene rings is 1. The average Bonchev–Trinajstić information content (AvgIpc) is 2.32. The van der Waals surface area contributed by atoms with Gasteiger partial charge in [-0.1, -0.05) is 11.6 Å². The average molecular weight is 255 g/mol. The summed E-state index contributed by atoms with van der Waals surface area (Å²) in [6.07, 6.45) is -0.919. The van der Waals surface area contributed by atoms with Crippen LogP contribution in [0.25, 0.3) is 0 Å². The fourth-order valence-electron chi connectivity index (χ4n) is 1.56. The maximum atomic E-state index is 13.0. The molecule has 2 rings (SSSR count). The van der Waals surface area contributed by atoms with Crippen molar-refractivity contribution in [2.45, 2.75) is 12.5 Å². The monoisotopic (exact) mass is 254 g/mol.